The Morgan fingerprint density at radius 1 is 1.12 bits per heavy atom. The van der Waals surface area contributed by atoms with Crippen LogP contribution in [0, 0.1) is 20.8 Å². The highest BCUT2D eigenvalue weighted by Gasteiger charge is 2.16. The van der Waals surface area contributed by atoms with E-state index in [4.69, 9.17) is 0 Å². The molecule has 0 saturated carbocycles. The van der Waals surface area contributed by atoms with Gasteiger partial charge >= 0.3 is 0 Å². The van der Waals surface area contributed by atoms with Gasteiger partial charge in [0.15, 0.2) is 5.65 Å². The lowest BCUT2D eigenvalue weighted by atomic mass is 10.1. The molecule has 1 aromatic carbocycles. The molecule has 0 atom stereocenters. The van der Waals surface area contributed by atoms with Gasteiger partial charge in [-0.3, -0.25) is 9.48 Å². The lowest BCUT2D eigenvalue weighted by molar-refractivity contribution is 0.102. The second-order valence-corrected chi connectivity index (χ2v) is 7.31. The number of carbonyl (C=O) groups excluding carboxylic acids is 1. The van der Waals surface area contributed by atoms with Crippen LogP contribution in [-0.4, -0.2) is 25.7 Å². The zero-order valence-electron chi connectivity index (χ0n) is 14.4. The largest absolute Gasteiger partial charge is 0.322 e. The van der Waals surface area contributed by atoms with Gasteiger partial charge in [-0.1, -0.05) is 0 Å². The van der Waals surface area contributed by atoms with E-state index in [1.54, 1.807) is 16.0 Å². The minimum atomic E-state index is -0.171. The number of aromatic nitrogens is 4. The van der Waals surface area contributed by atoms with Crippen molar-refractivity contribution in [3.05, 3.63) is 46.2 Å². The maximum absolute atomic E-state index is 12.7. The first kappa shape index (κ1) is 15.7. The van der Waals surface area contributed by atoms with E-state index >= 15 is 0 Å². The number of hydrogen-bond donors (Lipinski definition) is 1. The van der Waals surface area contributed by atoms with Gasteiger partial charge in [0.25, 0.3) is 5.91 Å². The van der Waals surface area contributed by atoms with Gasteiger partial charge in [0, 0.05) is 18.1 Å². The van der Waals surface area contributed by atoms with Gasteiger partial charge < -0.3 is 5.32 Å². The molecule has 3 aromatic heterocycles. The third kappa shape index (κ3) is 2.66. The van der Waals surface area contributed by atoms with Gasteiger partial charge in [-0.2, -0.15) is 5.10 Å². The summed E-state index contributed by atoms with van der Waals surface area (Å²) in [5.41, 5.74) is 4.59. The molecule has 0 unspecified atom stereocenters. The first-order valence-electron chi connectivity index (χ1n) is 7.92. The molecule has 0 aliphatic carbocycles. The predicted molar refractivity (Wildman–Crippen MR) is 100 cm³/mol. The van der Waals surface area contributed by atoms with Gasteiger partial charge in [-0.15, -0.1) is 11.3 Å². The number of hydrogen-bond acceptors (Lipinski definition) is 5. The standard InChI is InChI=1S/C18H17N5OS/c1-9-14(8-13-10(2)22-23(4)17(13)19-9)18(24)21-12-5-6-15-16(7-12)25-11(3)20-15/h5-8H,1-4H3,(H,21,24). The molecular formula is C18H17N5OS. The van der Waals surface area contributed by atoms with Crippen LogP contribution in [0.5, 0.6) is 0 Å². The van der Waals surface area contributed by atoms with Crippen molar-refractivity contribution in [3.63, 3.8) is 0 Å². The fraction of sp³-hybridized carbons (Fsp3) is 0.222. The van der Waals surface area contributed by atoms with E-state index in [1.807, 2.05) is 52.1 Å². The molecule has 4 rings (SSSR count). The Kier molecular flexibility index (Phi) is 3.54. The second-order valence-electron chi connectivity index (χ2n) is 6.07. The topological polar surface area (TPSA) is 72.7 Å². The highest BCUT2D eigenvalue weighted by molar-refractivity contribution is 7.18. The monoisotopic (exact) mass is 351 g/mol. The van der Waals surface area contributed by atoms with E-state index in [0.717, 1.165) is 37.6 Å². The average Bonchev–Trinajstić information content (AvgIpc) is 3.05. The number of amides is 1. The van der Waals surface area contributed by atoms with E-state index in [9.17, 15) is 4.79 Å². The van der Waals surface area contributed by atoms with Crippen molar-refractivity contribution in [1.82, 2.24) is 19.7 Å². The molecule has 126 valence electrons. The smallest absolute Gasteiger partial charge is 0.257 e. The molecule has 0 aliphatic heterocycles. The molecule has 0 radical (unpaired) electrons. The lowest BCUT2D eigenvalue weighted by Crippen LogP contribution is -2.14. The summed E-state index contributed by atoms with van der Waals surface area (Å²) in [6, 6.07) is 7.61. The summed E-state index contributed by atoms with van der Waals surface area (Å²) in [6.07, 6.45) is 0. The minimum Gasteiger partial charge on any atom is -0.322 e. The van der Waals surface area contributed by atoms with Gasteiger partial charge in [0.1, 0.15) is 0 Å². The molecule has 7 heteroatoms. The van der Waals surface area contributed by atoms with Gasteiger partial charge in [0.2, 0.25) is 0 Å². The number of anilines is 1. The molecule has 1 amide bonds. The Bertz CT molecular complexity index is 1140. The maximum atomic E-state index is 12.7. The summed E-state index contributed by atoms with van der Waals surface area (Å²) in [5.74, 6) is -0.171. The Morgan fingerprint density at radius 3 is 2.72 bits per heavy atom. The van der Waals surface area contributed by atoms with Crippen LogP contribution < -0.4 is 5.32 Å². The predicted octanol–water partition coefficient (Wildman–Crippen LogP) is 3.76. The number of aryl methyl sites for hydroxylation is 4. The Hall–Kier alpha value is -2.80. The Balaban J connectivity index is 1.70. The Labute approximate surface area is 148 Å². The first-order valence-corrected chi connectivity index (χ1v) is 8.73. The second kappa shape index (κ2) is 5.63. The third-order valence-electron chi connectivity index (χ3n) is 4.19. The molecule has 4 aromatic rings. The number of rotatable bonds is 2. The molecule has 0 bridgehead atoms. The maximum Gasteiger partial charge on any atom is 0.257 e. The summed E-state index contributed by atoms with van der Waals surface area (Å²) in [6.45, 7) is 5.73. The first-order chi connectivity index (χ1) is 11.9. The van der Waals surface area contributed by atoms with Gasteiger partial charge in [-0.25, -0.2) is 9.97 Å². The number of pyridine rings is 1. The number of carbonyl (C=O) groups is 1. The quantitative estimate of drug-likeness (QED) is 0.597. The summed E-state index contributed by atoms with van der Waals surface area (Å²) < 4.78 is 2.79. The van der Waals surface area contributed by atoms with E-state index in [1.165, 1.54) is 0 Å². The van der Waals surface area contributed by atoms with Crippen LogP contribution >= 0.6 is 11.3 Å². The molecule has 0 saturated heterocycles. The molecule has 25 heavy (non-hydrogen) atoms. The minimum absolute atomic E-state index is 0.171. The zero-order valence-corrected chi connectivity index (χ0v) is 15.2. The average molecular weight is 351 g/mol. The third-order valence-corrected chi connectivity index (χ3v) is 5.12. The molecule has 0 aliphatic rings. The van der Waals surface area contributed by atoms with Crippen molar-refractivity contribution in [3.8, 4) is 0 Å². The SMILES string of the molecule is Cc1nc2ccc(NC(=O)c3cc4c(C)nn(C)c4nc3C)cc2s1. The highest BCUT2D eigenvalue weighted by atomic mass is 32.1. The number of nitrogens with one attached hydrogen (secondary N) is 1. The summed E-state index contributed by atoms with van der Waals surface area (Å²) in [4.78, 5) is 21.7. The van der Waals surface area contributed by atoms with Crippen molar-refractivity contribution in [2.45, 2.75) is 20.8 Å². The lowest BCUT2D eigenvalue weighted by Gasteiger charge is -2.08. The van der Waals surface area contributed by atoms with Crippen LogP contribution in [0.15, 0.2) is 24.3 Å². The Morgan fingerprint density at radius 2 is 1.92 bits per heavy atom. The molecule has 0 spiro atoms. The highest BCUT2D eigenvalue weighted by Crippen LogP contribution is 2.26. The molecule has 0 fully saturated rings. The van der Waals surface area contributed by atoms with Crippen molar-refractivity contribution in [2.75, 3.05) is 5.32 Å². The molecule has 6 nitrogen and oxygen atoms in total. The van der Waals surface area contributed by atoms with E-state index < -0.39 is 0 Å². The van der Waals surface area contributed by atoms with Crippen molar-refractivity contribution in [1.29, 1.82) is 0 Å². The summed E-state index contributed by atoms with van der Waals surface area (Å²) in [7, 11) is 1.85. The van der Waals surface area contributed by atoms with E-state index in [2.05, 4.69) is 20.4 Å². The number of benzene rings is 1. The molecule has 3 heterocycles. The van der Waals surface area contributed by atoms with Crippen molar-refractivity contribution >= 4 is 44.2 Å². The van der Waals surface area contributed by atoms with E-state index in [0.29, 0.717) is 11.3 Å². The van der Waals surface area contributed by atoms with Crippen LogP contribution in [-0.2, 0) is 7.05 Å². The van der Waals surface area contributed by atoms with Crippen LogP contribution in [0.4, 0.5) is 5.69 Å². The van der Waals surface area contributed by atoms with E-state index in [-0.39, 0.29) is 5.91 Å². The fourth-order valence-electron chi connectivity index (χ4n) is 2.98. The van der Waals surface area contributed by atoms with Crippen molar-refractivity contribution < 1.29 is 4.79 Å². The summed E-state index contributed by atoms with van der Waals surface area (Å²) in [5, 5.41) is 9.24. The fourth-order valence-corrected chi connectivity index (χ4v) is 3.84. The summed E-state index contributed by atoms with van der Waals surface area (Å²) >= 11 is 1.61. The van der Waals surface area contributed by atoms with Crippen LogP contribution in [0.2, 0.25) is 0 Å². The number of nitrogens with zero attached hydrogens (tertiary/aromatic N) is 4. The zero-order chi connectivity index (χ0) is 17.7. The molecule has 1 N–H and O–H groups in total. The normalized spacial score (nSPS) is 11.4. The van der Waals surface area contributed by atoms with Crippen LogP contribution in [0.25, 0.3) is 21.3 Å². The van der Waals surface area contributed by atoms with Gasteiger partial charge in [-0.05, 0) is 45.0 Å². The van der Waals surface area contributed by atoms with Crippen LogP contribution in [0.3, 0.4) is 0 Å². The number of thiazole rings is 1. The molecular weight excluding hydrogens is 334 g/mol. The van der Waals surface area contributed by atoms with Gasteiger partial charge in [0.05, 0.1) is 32.2 Å². The number of fused-ring (bicyclic) bond motifs is 2. The van der Waals surface area contributed by atoms with Crippen molar-refractivity contribution in [2.24, 2.45) is 7.05 Å². The van der Waals surface area contributed by atoms with Crippen LogP contribution in [0.1, 0.15) is 26.8 Å².